The van der Waals surface area contributed by atoms with Crippen LogP contribution in [-0.4, -0.2) is 29.0 Å². The normalized spacial score (nSPS) is 34.8. The lowest BCUT2D eigenvalue weighted by Crippen LogP contribution is -2.37. The number of hydrogen-bond acceptors (Lipinski definition) is 3. The van der Waals surface area contributed by atoms with Gasteiger partial charge in [0, 0.05) is 6.42 Å². The minimum Gasteiger partial charge on any atom is -0.493 e. The molecule has 3 saturated carbocycles. The van der Waals surface area contributed by atoms with Crippen LogP contribution in [0.1, 0.15) is 85.1 Å². The summed E-state index contributed by atoms with van der Waals surface area (Å²) in [5, 5.41) is 20.3. The molecule has 0 heterocycles. The van der Waals surface area contributed by atoms with Crippen molar-refractivity contribution in [1.82, 2.24) is 0 Å². The third kappa shape index (κ3) is 5.62. The zero-order valence-electron chi connectivity index (χ0n) is 22.5. The predicted molar refractivity (Wildman–Crippen MR) is 145 cm³/mol. The Bertz CT molecular complexity index is 981. The molecule has 0 amide bonds. The number of benzene rings is 1. The molecule has 35 heavy (non-hydrogen) atoms. The quantitative estimate of drug-likeness (QED) is 0.473. The monoisotopic (exact) mass is 478 g/mol. The highest BCUT2D eigenvalue weighted by Crippen LogP contribution is 2.59. The van der Waals surface area contributed by atoms with Gasteiger partial charge < -0.3 is 14.9 Å². The van der Waals surface area contributed by atoms with Crippen molar-refractivity contribution in [1.29, 1.82) is 0 Å². The van der Waals surface area contributed by atoms with Crippen molar-refractivity contribution in [3.63, 3.8) is 0 Å². The van der Waals surface area contributed by atoms with Crippen LogP contribution in [0.3, 0.4) is 0 Å². The second kappa shape index (κ2) is 10.3. The van der Waals surface area contributed by atoms with Gasteiger partial charge in [-0.1, -0.05) is 71.1 Å². The molecule has 4 rings (SSSR count). The van der Waals surface area contributed by atoms with Crippen LogP contribution >= 0.6 is 0 Å². The smallest absolute Gasteiger partial charge is 0.119 e. The van der Waals surface area contributed by atoms with Crippen LogP contribution < -0.4 is 4.74 Å². The van der Waals surface area contributed by atoms with Gasteiger partial charge in [-0.3, -0.25) is 0 Å². The highest BCUT2D eigenvalue weighted by Gasteiger charge is 2.50. The number of aliphatic hydroxyl groups excluding tert-OH is 2. The van der Waals surface area contributed by atoms with E-state index in [-0.39, 0.29) is 5.41 Å². The van der Waals surface area contributed by atoms with Crippen molar-refractivity contribution in [3.8, 4) is 5.75 Å². The number of aliphatic hydroxyl groups is 2. The van der Waals surface area contributed by atoms with Gasteiger partial charge in [0.25, 0.3) is 0 Å². The maximum Gasteiger partial charge on any atom is 0.119 e. The van der Waals surface area contributed by atoms with E-state index in [9.17, 15) is 10.2 Å². The molecule has 3 heteroatoms. The molecule has 192 valence electrons. The molecule has 0 unspecified atom stereocenters. The number of hydrogen-bond donors (Lipinski definition) is 2. The largest absolute Gasteiger partial charge is 0.493 e. The average molecular weight is 479 g/mol. The van der Waals surface area contributed by atoms with Gasteiger partial charge in [-0.2, -0.15) is 0 Å². The van der Waals surface area contributed by atoms with Gasteiger partial charge in [0.15, 0.2) is 0 Å². The molecule has 0 aliphatic heterocycles. The molecule has 1 aromatic rings. The lowest BCUT2D eigenvalue weighted by atomic mass is 9.61. The number of ether oxygens (including phenoxy) is 1. The third-order valence-corrected chi connectivity index (χ3v) is 9.20. The minimum atomic E-state index is -0.624. The Kier molecular flexibility index (Phi) is 7.69. The summed E-state index contributed by atoms with van der Waals surface area (Å²) < 4.78 is 6.35. The Hall–Kier alpha value is -1.84. The topological polar surface area (TPSA) is 49.7 Å². The Morgan fingerprint density at radius 3 is 2.71 bits per heavy atom. The summed E-state index contributed by atoms with van der Waals surface area (Å²) in [5.41, 5.74) is 5.06. The molecule has 0 saturated heterocycles. The van der Waals surface area contributed by atoms with Crippen molar-refractivity contribution < 1.29 is 14.9 Å². The fourth-order valence-electron chi connectivity index (χ4n) is 7.08. The van der Waals surface area contributed by atoms with Crippen LogP contribution in [0.4, 0.5) is 0 Å². The van der Waals surface area contributed by atoms with E-state index in [1.165, 1.54) is 31.2 Å². The highest BCUT2D eigenvalue weighted by atomic mass is 16.5. The lowest BCUT2D eigenvalue weighted by Gasteiger charge is -2.44. The minimum absolute atomic E-state index is 0.122. The average Bonchev–Trinajstić information content (AvgIpc) is 3.16. The van der Waals surface area contributed by atoms with E-state index in [1.807, 2.05) is 0 Å². The van der Waals surface area contributed by atoms with Crippen LogP contribution in [-0.2, 0) is 5.41 Å². The molecular weight excluding hydrogens is 432 g/mol. The Balaban J connectivity index is 1.45. The van der Waals surface area contributed by atoms with Crippen molar-refractivity contribution in [2.45, 2.75) is 97.2 Å². The van der Waals surface area contributed by atoms with Crippen LogP contribution in [0.15, 0.2) is 59.7 Å². The van der Waals surface area contributed by atoms with E-state index in [0.717, 1.165) is 29.9 Å². The molecule has 0 bridgehead atoms. The third-order valence-electron chi connectivity index (χ3n) is 9.20. The standard InChI is InChI=1S/C32H46O3/c1-21(20-35-27-11-7-10-25(18-27)31(3,4)5)28-14-15-29-23(9-8-16-32(28,29)6)12-13-24-17-26(33)19-30(34)22(24)2/h7,10-13,18,21,26,28-30,33-34H,2,8-9,14-17,19-20H2,1,3-6H3/b23-12+,24-13-/t21-,26+,28+,29-,30-,32+/m0/s1. The molecule has 0 radical (unpaired) electrons. The summed E-state index contributed by atoms with van der Waals surface area (Å²) in [6.45, 7) is 16.5. The summed E-state index contributed by atoms with van der Waals surface area (Å²) in [4.78, 5) is 0. The Morgan fingerprint density at radius 1 is 1.20 bits per heavy atom. The molecule has 0 spiro atoms. The first-order valence-corrected chi connectivity index (χ1v) is 13.7. The first-order valence-electron chi connectivity index (χ1n) is 13.7. The van der Waals surface area contributed by atoms with E-state index in [0.29, 0.717) is 36.0 Å². The van der Waals surface area contributed by atoms with Crippen molar-refractivity contribution in [3.05, 3.63) is 65.3 Å². The fraction of sp³-hybridized carbons (Fsp3) is 0.625. The van der Waals surface area contributed by atoms with Gasteiger partial charge in [0.1, 0.15) is 5.75 Å². The second-order valence-electron chi connectivity index (χ2n) is 12.7. The zero-order chi connectivity index (χ0) is 25.4. The maximum atomic E-state index is 10.2. The molecule has 3 fully saturated rings. The Morgan fingerprint density at radius 2 is 1.97 bits per heavy atom. The number of rotatable bonds is 5. The van der Waals surface area contributed by atoms with E-state index in [4.69, 9.17) is 4.74 Å². The summed E-state index contributed by atoms with van der Waals surface area (Å²) in [6, 6.07) is 8.59. The van der Waals surface area contributed by atoms with Crippen molar-refractivity contribution in [2.24, 2.45) is 23.2 Å². The first kappa shape index (κ1) is 26.2. The van der Waals surface area contributed by atoms with Gasteiger partial charge in [-0.15, -0.1) is 0 Å². The van der Waals surface area contributed by atoms with Crippen molar-refractivity contribution >= 4 is 0 Å². The summed E-state index contributed by atoms with van der Waals surface area (Å²) in [5.74, 6) is 2.75. The fourth-order valence-corrected chi connectivity index (χ4v) is 7.08. The van der Waals surface area contributed by atoms with Crippen LogP contribution in [0.25, 0.3) is 0 Å². The molecule has 0 aromatic heterocycles. The summed E-state index contributed by atoms with van der Waals surface area (Å²) in [6.07, 6.45) is 10.5. The van der Waals surface area contributed by atoms with E-state index in [2.05, 4.69) is 77.6 Å². The molecule has 3 aliphatic carbocycles. The first-order chi connectivity index (χ1) is 16.5. The van der Waals surface area contributed by atoms with Gasteiger partial charge >= 0.3 is 0 Å². The van der Waals surface area contributed by atoms with E-state index >= 15 is 0 Å². The van der Waals surface area contributed by atoms with Gasteiger partial charge in [-0.25, -0.2) is 0 Å². The van der Waals surface area contributed by atoms with Gasteiger partial charge in [0.05, 0.1) is 18.8 Å². The highest BCUT2D eigenvalue weighted by molar-refractivity contribution is 5.39. The molecule has 3 nitrogen and oxygen atoms in total. The predicted octanol–water partition coefficient (Wildman–Crippen LogP) is 7.14. The van der Waals surface area contributed by atoms with Crippen LogP contribution in [0.5, 0.6) is 5.75 Å². The van der Waals surface area contributed by atoms with E-state index < -0.39 is 12.2 Å². The van der Waals surface area contributed by atoms with Crippen LogP contribution in [0.2, 0.25) is 0 Å². The maximum absolute atomic E-state index is 10.2. The number of fused-ring (bicyclic) bond motifs is 1. The second-order valence-corrected chi connectivity index (χ2v) is 12.7. The lowest BCUT2D eigenvalue weighted by molar-refractivity contribution is 0.0746. The number of allylic oxidation sites excluding steroid dienone is 3. The molecule has 2 N–H and O–H groups in total. The SMILES string of the molecule is C=C1/C(=C\C=C2/CCC[C@]3(C)[C@@H]([C@@H](C)COc4cccc(C(C)(C)C)c4)CC[C@@H]23)C[C@@H](O)C[C@@H]1O. The molecule has 1 aromatic carbocycles. The van der Waals surface area contributed by atoms with Crippen LogP contribution in [0, 0.1) is 23.2 Å². The molecule has 3 aliphatic rings. The van der Waals surface area contributed by atoms with Gasteiger partial charge in [-0.05, 0) is 96.0 Å². The molecule has 6 atom stereocenters. The van der Waals surface area contributed by atoms with Crippen molar-refractivity contribution in [2.75, 3.05) is 6.61 Å². The summed E-state index contributed by atoms with van der Waals surface area (Å²) in [7, 11) is 0. The zero-order valence-corrected chi connectivity index (χ0v) is 22.5. The Labute approximate surface area is 213 Å². The van der Waals surface area contributed by atoms with E-state index in [1.54, 1.807) is 5.57 Å². The molecular formula is C32H46O3. The summed E-state index contributed by atoms with van der Waals surface area (Å²) >= 11 is 0. The van der Waals surface area contributed by atoms with Gasteiger partial charge in [0.2, 0.25) is 0 Å².